The molecule has 0 fully saturated rings. The molecule has 1 aromatic heterocycles. The van der Waals surface area contributed by atoms with Gasteiger partial charge in [0, 0.05) is 30.8 Å². The van der Waals surface area contributed by atoms with Gasteiger partial charge in [0.25, 0.3) is 0 Å². The molecule has 24 heavy (non-hydrogen) atoms. The number of hydrogen-bond acceptors (Lipinski definition) is 5. The van der Waals surface area contributed by atoms with Crippen molar-refractivity contribution < 1.29 is 23.8 Å². The van der Waals surface area contributed by atoms with Crippen LogP contribution in [0.1, 0.15) is 28.3 Å². The van der Waals surface area contributed by atoms with Gasteiger partial charge in [-0.3, -0.25) is 4.79 Å². The van der Waals surface area contributed by atoms with Gasteiger partial charge < -0.3 is 15.2 Å². The summed E-state index contributed by atoms with van der Waals surface area (Å²) >= 11 is 1.26. The first-order valence-electron chi connectivity index (χ1n) is 7.37. The van der Waals surface area contributed by atoms with E-state index in [0.717, 1.165) is 0 Å². The highest BCUT2D eigenvalue weighted by molar-refractivity contribution is 7.09. The third-order valence-electron chi connectivity index (χ3n) is 3.04. The van der Waals surface area contributed by atoms with Gasteiger partial charge in [-0.1, -0.05) is 6.07 Å². The molecular weight excluding hydrogens is 335 g/mol. The molecule has 0 aliphatic rings. The van der Waals surface area contributed by atoms with E-state index in [2.05, 4.69) is 10.3 Å². The maximum absolute atomic E-state index is 12.9. The van der Waals surface area contributed by atoms with Gasteiger partial charge in [0.1, 0.15) is 11.6 Å². The number of halogens is 1. The molecular formula is C16H17FN2O4S. The summed E-state index contributed by atoms with van der Waals surface area (Å²) < 4.78 is 18.3. The Hall–Kier alpha value is -2.48. The van der Waals surface area contributed by atoms with E-state index in [1.807, 2.05) is 0 Å². The van der Waals surface area contributed by atoms with E-state index in [-0.39, 0.29) is 17.4 Å². The lowest BCUT2D eigenvalue weighted by atomic mass is 10.3. The summed E-state index contributed by atoms with van der Waals surface area (Å²) in [6.45, 7) is 0.724. The molecule has 1 aromatic carbocycles. The zero-order valence-corrected chi connectivity index (χ0v) is 13.6. The third kappa shape index (κ3) is 5.96. The molecule has 1 heterocycles. The van der Waals surface area contributed by atoms with Gasteiger partial charge in [0.15, 0.2) is 5.69 Å². The predicted molar refractivity (Wildman–Crippen MR) is 86.9 cm³/mol. The highest BCUT2D eigenvalue weighted by Gasteiger charge is 2.08. The Morgan fingerprint density at radius 1 is 1.38 bits per heavy atom. The fourth-order valence-electron chi connectivity index (χ4n) is 1.90. The van der Waals surface area contributed by atoms with Crippen LogP contribution in [0.4, 0.5) is 4.39 Å². The number of thiazole rings is 1. The molecule has 6 nitrogen and oxygen atoms in total. The van der Waals surface area contributed by atoms with Crippen molar-refractivity contribution in [3.05, 3.63) is 46.2 Å². The van der Waals surface area contributed by atoms with Crippen LogP contribution < -0.4 is 10.1 Å². The van der Waals surface area contributed by atoms with Crippen molar-refractivity contribution in [2.24, 2.45) is 0 Å². The summed E-state index contributed by atoms with van der Waals surface area (Å²) in [5.41, 5.74) is 0.0239. The lowest BCUT2D eigenvalue weighted by molar-refractivity contribution is -0.121. The quantitative estimate of drug-likeness (QED) is 0.677. The number of aromatic carboxylic acids is 1. The minimum atomic E-state index is -1.06. The van der Waals surface area contributed by atoms with Gasteiger partial charge in [-0.25, -0.2) is 14.2 Å². The Labute approximate surface area is 142 Å². The van der Waals surface area contributed by atoms with Crippen LogP contribution >= 0.6 is 11.3 Å². The number of nitrogens with one attached hydrogen (secondary N) is 1. The number of carbonyl (C=O) groups is 2. The molecule has 0 spiro atoms. The number of benzene rings is 1. The Morgan fingerprint density at radius 3 is 2.92 bits per heavy atom. The number of amides is 1. The van der Waals surface area contributed by atoms with E-state index in [1.165, 1.54) is 28.8 Å². The average molecular weight is 352 g/mol. The van der Waals surface area contributed by atoms with Crippen LogP contribution in [0, 0.1) is 5.82 Å². The van der Waals surface area contributed by atoms with E-state index in [0.29, 0.717) is 43.2 Å². The standard InChI is InChI=1S/C16H17FN2O4S/c17-11-3-1-4-12(9-11)23-8-2-5-14(20)18-7-6-15-19-13(10-24-15)16(21)22/h1,3-4,9-10H,2,5-8H2,(H,18,20)(H,21,22). The molecule has 2 aromatic rings. The molecule has 1 amide bonds. The van der Waals surface area contributed by atoms with Crippen molar-refractivity contribution in [3.8, 4) is 5.75 Å². The molecule has 0 bridgehead atoms. The Morgan fingerprint density at radius 2 is 2.21 bits per heavy atom. The fraction of sp³-hybridized carbons (Fsp3) is 0.312. The number of carboxylic acids is 1. The normalized spacial score (nSPS) is 10.4. The zero-order chi connectivity index (χ0) is 17.4. The maximum atomic E-state index is 12.9. The second-order valence-corrected chi connectivity index (χ2v) is 5.88. The van der Waals surface area contributed by atoms with Gasteiger partial charge in [-0.2, -0.15) is 0 Å². The average Bonchev–Trinajstić information content (AvgIpc) is 3.01. The first-order valence-corrected chi connectivity index (χ1v) is 8.25. The predicted octanol–water partition coefficient (Wildman–Crippen LogP) is 2.50. The first kappa shape index (κ1) is 17.9. The van der Waals surface area contributed by atoms with E-state index < -0.39 is 5.97 Å². The number of rotatable bonds is 9. The molecule has 128 valence electrons. The monoisotopic (exact) mass is 352 g/mol. The van der Waals surface area contributed by atoms with E-state index in [9.17, 15) is 14.0 Å². The molecule has 0 aliphatic heterocycles. The van der Waals surface area contributed by atoms with E-state index >= 15 is 0 Å². The summed E-state index contributed by atoms with van der Waals surface area (Å²) in [4.78, 5) is 26.3. The lowest BCUT2D eigenvalue weighted by Crippen LogP contribution is -2.25. The Bertz CT molecular complexity index is 705. The van der Waals surface area contributed by atoms with Crippen LogP contribution in [0.25, 0.3) is 0 Å². The van der Waals surface area contributed by atoms with Crippen molar-refractivity contribution in [3.63, 3.8) is 0 Å². The number of carboxylic acid groups (broad SMARTS) is 1. The van der Waals surface area contributed by atoms with E-state index in [1.54, 1.807) is 12.1 Å². The van der Waals surface area contributed by atoms with Crippen molar-refractivity contribution in [1.29, 1.82) is 0 Å². The molecule has 0 unspecified atom stereocenters. The summed E-state index contributed by atoms with van der Waals surface area (Å²) in [6.07, 6.45) is 1.31. The third-order valence-corrected chi connectivity index (χ3v) is 3.95. The maximum Gasteiger partial charge on any atom is 0.355 e. The molecule has 0 saturated carbocycles. The SMILES string of the molecule is O=C(CCCOc1cccc(F)c1)NCCc1nc(C(=O)O)cs1. The number of aromatic nitrogens is 1. The van der Waals surface area contributed by atoms with Crippen molar-refractivity contribution >= 4 is 23.2 Å². The largest absolute Gasteiger partial charge is 0.493 e. The molecule has 0 aliphatic carbocycles. The number of nitrogens with zero attached hydrogens (tertiary/aromatic N) is 1. The highest BCUT2D eigenvalue weighted by atomic mass is 32.1. The molecule has 0 atom stereocenters. The second kappa shape index (κ2) is 8.97. The van der Waals surface area contributed by atoms with Crippen LogP contribution in [0.2, 0.25) is 0 Å². The number of hydrogen-bond donors (Lipinski definition) is 2. The molecule has 2 N–H and O–H groups in total. The van der Waals surface area contributed by atoms with Crippen molar-refractivity contribution in [2.45, 2.75) is 19.3 Å². The summed E-state index contributed by atoms with van der Waals surface area (Å²) in [7, 11) is 0. The van der Waals surface area contributed by atoms with Crippen LogP contribution in [0.3, 0.4) is 0 Å². The number of ether oxygens (including phenoxy) is 1. The first-order chi connectivity index (χ1) is 11.5. The zero-order valence-electron chi connectivity index (χ0n) is 12.8. The smallest absolute Gasteiger partial charge is 0.355 e. The summed E-state index contributed by atoms with van der Waals surface area (Å²) in [5, 5.41) is 13.7. The van der Waals surface area contributed by atoms with Crippen LogP contribution in [-0.4, -0.2) is 35.1 Å². The van der Waals surface area contributed by atoms with Gasteiger partial charge >= 0.3 is 5.97 Å². The van der Waals surface area contributed by atoms with Crippen molar-refractivity contribution in [2.75, 3.05) is 13.2 Å². The van der Waals surface area contributed by atoms with Crippen molar-refractivity contribution in [1.82, 2.24) is 10.3 Å². The fourth-order valence-corrected chi connectivity index (χ4v) is 2.67. The lowest BCUT2D eigenvalue weighted by Gasteiger charge is -2.06. The van der Waals surface area contributed by atoms with Crippen LogP contribution in [0.5, 0.6) is 5.75 Å². The van der Waals surface area contributed by atoms with Gasteiger partial charge in [0.05, 0.1) is 11.6 Å². The second-order valence-electron chi connectivity index (χ2n) is 4.94. The molecule has 2 rings (SSSR count). The van der Waals surface area contributed by atoms with Gasteiger partial charge in [-0.05, 0) is 18.6 Å². The summed E-state index contributed by atoms with van der Waals surface area (Å²) in [5.74, 6) is -1.10. The highest BCUT2D eigenvalue weighted by Crippen LogP contribution is 2.12. The minimum absolute atomic E-state index is 0.0239. The van der Waals surface area contributed by atoms with Gasteiger partial charge in [0.2, 0.25) is 5.91 Å². The molecule has 8 heteroatoms. The van der Waals surface area contributed by atoms with Gasteiger partial charge in [-0.15, -0.1) is 11.3 Å². The summed E-state index contributed by atoms with van der Waals surface area (Å²) in [6, 6.07) is 5.84. The number of carbonyl (C=O) groups excluding carboxylic acids is 1. The van der Waals surface area contributed by atoms with E-state index in [4.69, 9.17) is 9.84 Å². The molecule has 0 saturated heterocycles. The minimum Gasteiger partial charge on any atom is -0.493 e. The van der Waals surface area contributed by atoms with Crippen LogP contribution in [-0.2, 0) is 11.2 Å². The van der Waals surface area contributed by atoms with Crippen LogP contribution in [0.15, 0.2) is 29.6 Å². The topological polar surface area (TPSA) is 88.5 Å². The Kier molecular flexibility index (Phi) is 6.68. The Balaban J connectivity index is 1.58. The molecule has 0 radical (unpaired) electrons.